The van der Waals surface area contributed by atoms with Gasteiger partial charge in [-0.1, -0.05) is 43.6 Å². The van der Waals surface area contributed by atoms with E-state index in [-0.39, 0.29) is 23.7 Å². The van der Waals surface area contributed by atoms with Crippen molar-refractivity contribution in [3.05, 3.63) is 64.4 Å². The lowest BCUT2D eigenvalue weighted by Crippen LogP contribution is -2.49. The number of amides is 2. The molecule has 1 heterocycles. The highest BCUT2D eigenvalue weighted by Crippen LogP contribution is 2.22. The number of Topliss-reactive ketones (excluding diaryl/α,β-unsaturated/α-hetero) is 1. The number of carbonyl (C=O) groups is 2. The van der Waals surface area contributed by atoms with Gasteiger partial charge in [-0.3, -0.25) is 4.39 Å². The van der Waals surface area contributed by atoms with Crippen LogP contribution in [0, 0.1) is 11.7 Å². The van der Waals surface area contributed by atoms with Crippen LogP contribution in [0.3, 0.4) is 0 Å². The molecule has 0 radical (unpaired) electrons. The van der Waals surface area contributed by atoms with E-state index >= 15 is 0 Å². The molecule has 206 valence electrons. The van der Waals surface area contributed by atoms with Gasteiger partial charge in [0.2, 0.25) is 0 Å². The molecule has 37 heavy (non-hydrogen) atoms. The summed E-state index contributed by atoms with van der Waals surface area (Å²) < 4.78 is 28.6. The number of halogens is 3. The lowest BCUT2D eigenvalue weighted by atomic mass is 10.0. The average molecular weight is 540 g/mol. The molecule has 0 spiro atoms. The Balaban J connectivity index is 0.00000104. The summed E-state index contributed by atoms with van der Waals surface area (Å²) in [6.07, 6.45) is 1.74. The Morgan fingerprint density at radius 3 is 2.24 bits per heavy atom. The number of nitrogens with zero attached hydrogens (tertiary/aromatic N) is 1. The number of hydrogen-bond donors (Lipinski definition) is 2. The van der Waals surface area contributed by atoms with Gasteiger partial charge in [-0.15, -0.1) is 0 Å². The second kappa shape index (κ2) is 17.7. The summed E-state index contributed by atoms with van der Waals surface area (Å²) in [5, 5.41) is 6.69. The van der Waals surface area contributed by atoms with Crippen LogP contribution in [0.1, 0.15) is 51.7 Å². The number of ether oxygens (including phenoxy) is 1. The number of urea groups is 1. The highest BCUT2D eigenvalue weighted by Gasteiger charge is 2.26. The van der Waals surface area contributed by atoms with Crippen LogP contribution in [0.5, 0.6) is 5.75 Å². The third kappa shape index (κ3) is 12.9. The molecule has 2 aromatic rings. The number of piperidine rings is 1. The van der Waals surface area contributed by atoms with Gasteiger partial charge in [-0.25, -0.2) is 9.18 Å². The third-order valence-electron chi connectivity index (χ3n) is 5.32. The first-order valence-electron chi connectivity index (χ1n) is 12.4. The van der Waals surface area contributed by atoms with Crippen molar-refractivity contribution in [2.75, 3.05) is 26.9 Å². The Morgan fingerprint density at radius 2 is 1.70 bits per heavy atom. The number of rotatable bonds is 8. The summed E-state index contributed by atoms with van der Waals surface area (Å²) in [6.45, 7) is 10.4. The minimum absolute atomic E-state index is 0.106. The Bertz CT molecular complexity index is 948. The van der Waals surface area contributed by atoms with Crippen LogP contribution < -0.4 is 15.4 Å². The maximum atomic E-state index is 13.4. The monoisotopic (exact) mass is 539 g/mol. The van der Waals surface area contributed by atoms with Gasteiger partial charge in [0.1, 0.15) is 17.3 Å². The fourth-order valence-corrected chi connectivity index (χ4v) is 3.79. The summed E-state index contributed by atoms with van der Waals surface area (Å²) in [5.74, 6) is 1.08. The van der Waals surface area contributed by atoms with E-state index in [0.29, 0.717) is 37.8 Å². The van der Waals surface area contributed by atoms with E-state index in [9.17, 15) is 18.4 Å². The largest absolute Gasteiger partial charge is 0.493 e. The number of carbonyl (C=O) groups excluding carboxylic acids is 2. The van der Waals surface area contributed by atoms with Crippen LogP contribution in [0.2, 0.25) is 5.02 Å². The quantitative estimate of drug-likeness (QED) is 0.421. The number of alkyl halides is 1. The molecule has 0 bridgehead atoms. The van der Waals surface area contributed by atoms with Crippen molar-refractivity contribution in [2.45, 2.75) is 59.7 Å². The number of nitrogens with one attached hydrogen (secondary N) is 2. The molecule has 0 atom stereocenters. The Morgan fingerprint density at radius 1 is 1.11 bits per heavy atom. The molecule has 0 aliphatic carbocycles. The van der Waals surface area contributed by atoms with Crippen molar-refractivity contribution in [1.82, 2.24) is 15.5 Å². The van der Waals surface area contributed by atoms with Crippen LogP contribution in [-0.4, -0.2) is 49.6 Å². The van der Waals surface area contributed by atoms with Gasteiger partial charge in [0, 0.05) is 24.2 Å². The minimum Gasteiger partial charge on any atom is -0.493 e. The summed E-state index contributed by atoms with van der Waals surface area (Å²) >= 11 is 6.23. The molecule has 1 fully saturated rings. The molecule has 0 unspecified atom stereocenters. The zero-order chi connectivity index (χ0) is 27.8. The molecule has 0 saturated carbocycles. The zero-order valence-electron chi connectivity index (χ0n) is 22.5. The molecule has 2 aromatic carbocycles. The van der Waals surface area contributed by atoms with Crippen LogP contribution in [0.15, 0.2) is 42.5 Å². The van der Waals surface area contributed by atoms with Gasteiger partial charge in [-0.2, -0.15) is 0 Å². The molecule has 9 heteroatoms. The molecule has 3 rings (SSSR count). The maximum absolute atomic E-state index is 13.4. The maximum Gasteiger partial charge on any atom is 0.318 e. The van der Waals surface area contributed by atoms with Crippen LogP contribution in [-0.2, 0) is 17.9 Å². The highest BCUT2D eigenvalue weighted by molar-refractivity contribution is 6.31. The molecular weight excluding hydrogens is 500 g/mol. The number of hydrogen-bond acceptors (Lipinski definition) is 4. The van der Waals surface area contributed by atoms with E-state index in [4.69, 9.17) is 16.3 Å². The van der Waals surface area contributed by atoms with Crippen molar-refractivity contribution in [1.29, 1.82) is 0 Å². The van der Waals surface area contributed by atoms with Gasteiger partial charge >= 0.3 is 6.03 Å². The first-order valence-corrected chi connectivity index (χ1v) is 12.8. The van der Waals surface area contributed by atoms with Crippen LogP contribution >= 0.6 is 11.6 Å². The van der Waals surface area contributed by atoms with E-state index in [1.807, 2.05) is 29.2 Å². The normalized spacial score (nSPS) is 13.0. The molecule has 6 nitrogen and oxygen atoms in total. The van der Waals surface area contributed by atoms with Crippen LogP contribution in [0.4, 0.5) is 13.6 Å². The Hall–Kier alpha value is -2.71. The molecule has 2 N–H and O–H groups in total. The summed E-state index contributed by atoms with van der Waals surface area (Å²) in [7, 11) is 0.500. The van der Waals surface area contributed by atoms with E-state index in [1.54, 1.807) is 6.07 Å². The van der Waals surface area contributed by atoms with E-state index in [1.165, 1.54) is 26.0 Å². The number of ketones is 1. The first-order chi connectivity index (χ1) is 17.7. The van der Waals surface area contributed by atoms with Crippen molar-refractivity contribution >= 4 is 23.4 Å². The average Bonchev–Trinajstić information content (AvgIpc) is 2.87. The zero-order valence-corrected chi connectivity index (χ0v) is 23.2. The second-order valence-electron chi connectivity index (χ2n) is 9.26. The molecule has 1 saturated heterocycles. The van der Waals surface area contributed by atoms with Gasteiger partial charge in [0.05, 0.1) is 13.8 Å². The van der Waals surface area contributed by atoms with Gasteiger partial charge in [-0.05, 0) is 81.1 Å². The molecule has 2 amide bonds. The van der Waals surface area contributed by atoms with Gasteiger partial charge in [0.25, 0.3) is 0 Å². The fraction of sp³-hybridized carbons (Fsp3) is 0.500. The molecule has 1 aliphatic rings. The predicted octanol–water partition coefficient (Wildman–Crippen LogP) is 6.16. The molecular formula is C28H40ClF2N3O3. The summed E-state index contributed by atoms with van der Waals surface area (Å²) in [5.41, 5.74) is 1.73. The third-order valence-corrected chi connectivity index (χ3v) is 5.67. The lowest BCUT2D eigenvalue weighted by Gasteiger charge is -2.35. The Labute approximate surface area is 224 Å². The number of benzene rings is 2. The minimum atomic E-state index is -0.382. The first kappa shape index (κ1) is 32.3. The topological polar surface area (TPSA) is 70.7 Å². The highest BCUT2D eigenvalue weighted by atomic mass is 35.5. The van der Waals surface area contributed by atoms with Gasteiger partial charge in [0.15, 0.2) is 0 Å². The van der Waals surface area contributed by atoms with Crippen molar-refractivity contribution in [2.24, 2.45) is 5.92 Å². The Kier molecular flexibility index (Phi) is 15.5. The van der Waals surface area contributed by atoms with E-state index in [2.05, 4.69) is 24.5 Å². The fourth-order valence-electron chi connectivity index (χ4n) is 3.56. The summed E-state index contributed by atoms with van der Waals surface area (Å²) in [4.78, 5) is 24.4. The molecule has 1 aliphatic heterocycles. The van der Waals surface area contributed by atoms with E-state index < -0.39 is 0 Å². The smallest absolute Gasteiger partial charge is 0.318 e. The van der Waals surface area contributed by atoms with Crippen molar-refractivity contribution < 1.29 is 23.1 Å². The standard InChI is InChI=1S/C24H31ClFN3O2.C3H6O.CH3F/c1-17(2)16-31-22-7-3-18(4-8-22)14-28-24(30)29(21-9-11-27-12-10-21)15-19-5-6-20(26)13-23(19)25;1-3(2)4;1-2/h3-8,13,17,21,27H,9-12,14-16H2,1-2H3,(H,28,30);1-2H3;1H3. The lowest BCUT2D eigenvalue weighted by molar-refractivity contribution is -0.115. The van der Waals surface area contributed by atoms with Crippen molar-refractivity contribution in [3.63, 3.8) is 0 Å². The molecule has 0 aromatic heterocycles. The van der Waals surface area contributed by atoms with Gasteiger partial charge < -0.3 is 25.1 Å². The summed E-state index contributed by atoms with van der Waals surface area (Å²) in [6, 6.07) is 12.0. The second-order valence-corrected chi connectivity index (χ2v) is 9.67. The predicted molar refractivity (Wildman–Crippen MR) is 145 cm³/mol. The van der Waals surface area contributed by atoms with Crippen LogP contribution in [0.25, 0.3) is 0 Å². The van der Waals surface area contributed by atoms with E-state index in [0.717, 1.165) is 42.8 Å². The SMILES string of the molecule is CC(C)=O.CC(C)COc1ccc(CNC(=O)N(Cc2ccc(F)cc2Cl)C2CCNCC2)cc1.CF. The van der Waals surface area contributed by atoms with Crippen molar-refractivity contribution in [3.8, 4) is 5.75 Å².